The van der Waals surface area contributed by atoms with Gasteiger partial charge in [-0.05, 0) is 27.2 Å². The van der Waals surface area contributed by atoms with Crippen molar-refractivity contribution in [2.75, 3.05) is 0 Å². The third-order valence-electron chi connectivity index (χ3n) is 1.87. The number of nitrogens with zero attached hydrogens (tertiary/aromatic N) is 2. The third kappa shape index (κ3) is 4.67. The van der Waals surface area contributed by atoms with E-state index in [0.717, 1.165) is 0 Å². The van der Waals surface area contributed by atoms with Crippen LogP contribution in [0.5, 0.6) is 0 Å². The maximum atomic E-state index is 11.6. The van der Waals surface area contributed by atoms with Gasteiger partial charge >= 0.3 is 6.09 Å². The van der Waals surface area contributed by atoms with E-state index in [-0.39, 0.29) is 6.42 Å². The highest BCUT2D eigenvalue weighted by Crippen LogP contribution is 2.09. The molecule has 1 heterocycles. The summed E-state index contributed by atoms with van der Waals surface area (Å²) in [5.74, 6) is -0.392. The Bertz CT molecular complexity index is 418. The van der Waals surface area contributed by atoms with Gasteiger partial charge < -0.3 is 10.5 Å². The van der Waals surface area contributed by atoms with Gasteiger partial charge in [0.2, 0.25) is 5.91 Å². The average Bonchev–Trinajstić information content (AvgIpc) is 2.60. The van der Waals surface area contributed by atoms with Crippen molar-refractivity contribution in [2.45, 2.75) is 39.2 Å². The second kappa shape index (κ2) is 4.99. The first kappa shape index (κ1) is 13.2. The lowest BCUT2D eigenvalue weighted by Gasteiger charge is -2.19. The number of aromatic nitrogens is 2. The van der Waals surface area contributed by atoms with Crippen LogP contribution in [0.15, 0.2) is 12.5 Å². The summed E-state index contributed by atoms with van der Waals surface area (Å²) < 4.78 is 6.41. The first-order valence-electron chi connectivity index (χ1n) is 5.32. The van der Waals surface area contributed by atoms with Crippen LogP contribution in [0.2, 0.25) is 0 Å². The zero-order valence-electron chi connectivity index (χ0n) is 10.3. The van der Waals surface area contributed by atoms with Gasteiger partial charge in [0.1, 0.15) is 11.9 Å². The molecule has 0 unspecified atom stereocenters. The fraction of sp³-hybridized carbons (Fsp3) is 0.545. The second-order valence-electron chi connectivity index (χ2n) is 4.72. The van der Waals surface area contributed by atoms with Gasteiger partial charge in [0, 0.05) is 12.6 Å². The lowest BCUT2D eigenvalue weighted by atomic mass is 10.2. The van der Waals surface area contributed by atoms with Crippen molar-refractivity contribution in [1.29, 1.82) is 0 Å². The number of aryl methyl sites for hydroxylation is 1. The molecule has 0 saturated carbocycles. The molecule has 17 heavy (non-hydrogen) atoms. The number of hydrogen-bond acceptors (Lipinski definition) is 4. The molecule has 0 aliphatic carbocycles. The van der Waals surface area contributed by atoms with Crippen molar-refractivity contribution in [1.82, 2.24) is 9.55 Å². The molecule has 0 aliphatic rings. The van der Waals surface area contributed by atoms with Crippen LogP contribution in [0.3, 0.4) is 0 Å². The normalized spacial score (nSPS) is 11.2. The van der Waals surface area contributed by atoms with Gasteiger partial charge in [-0.15, -0.1) is 0 Å². The topological polar surface area (TPSA) is 87.2 Å². The van der Waals surface area contributed by atoms with Gasteiger partial charge in [0.25, 0.3) is 0 Å². The Morgan fingerprint density at radius 1 is 1.47 bits per heavy atom. The molecule has 1 aromatic rings. The Hall–Kier alpha value is -1.85. The first-order valence-corrected chi connectivity index (χ1v) is 5.32. The van der Waals surface area contributed by atoms with Crippen LogP contribution < -0.4 is 5.73 Å². The molecule has 6 nitrogen and oxygen atoms in total. The molecule has 1 rings (SSSR count). The number of imidazole rings is 1. The van der Waals surface area contributed by atoms with E-state index in [1.807, 2.05) is 0 Å². The SMILES string of the molecule is CC(C)(C)OC(=O)n1cnc(CCC(N)=O)c1. The molecule has 1 amide bonds. The van der Waals surface area contributed by atoms with E-state index < -0.39 is 17.6 Å². The van der Waals surface area contributed by atoms with Gasteiger partial charge in [-0.1, -0.05) is 0 Å². The lowest BCUT2D eigenvalue weighted by molar-refractivity contribution is -0.118. The Kier molecular flexibility index (Phi) is 3.88. The van der Waals surface area contributed by atoms with Crippen molar-refractivity contribution in [2.24, 2.45) is 5.73 Å². The molecule has 0 fully saturated rings. The minimum absolute atomic E-state index is 0.214. The highest BCUT2D eigenvalue weighted by molar-refractivity contribution is 5.74. The van der Waals surface area contributed by atoms with Crippen LogP contribution in [0.25, 0.3) is 0 Å². The number of carbonyl (C=O) groups is 2. The van der Waals surface area contributed by atoms with Crippen molar-refractivity contribution in [3.05, 3.63) is 18.2 Å². The fourth-order valence-electron chi connectivity index (χ4n) is 1.16. The molecule has 1 aromatic heterocycles. The Labute approximate surface area is 99.8 Å². The van der Waals surface area contributed by atoms with E-state index in [1.54, 1.807) is 20.8 Å². The summed E-state index contributed by atoms with van der Waals surface area (Å²) in [4.78, 5) is 26.2. The molecule has 0 aromatic carbocycles. The summed E-state index contributed by atoms with van der Waals surface area (Å²) in [6.45, 7) is 5.36. The van der Waals surface area contributed by atoms with E-state index in [1.165, 1.54) is 17.1 Å². The standard InChI is InChI=1S/C11H17N3O3/c1-11(2,3)17-10(16)14-6-8(13-7-14)4-5-9(12)15/h6-7H,4-5H2,1-3H3,(H2,12,15). The Balaban J connectivity index is 2.61. The summed E-state index contributed by atoms with van der Waals surface area (Å²) in [6, 6.07) is 0. The molecular weight excluding hydrogens is 222 g/mol. The third-order valence-corrected chi connectivity index (χ3v) is 1.87. The fourth-order valence-corrected chi connectivity index (χ4v) is 1.16. The van der Waals surface area contributed by atoms with Crippen LogP contribution >= 0.6 is 0 Å². The average molecular weight is 239 g/mol. The van der Waals surface area contributed by atoms with E-state index in [0.29, 0.717) is 12.1 Å². The maximum absolute atomic E-state index is 11.6. The number of primary amides is 1. The molecule has 0 saturated heterocycles. The minimum atomic E-state index is -0.547. The van der Waals surface area contributed by atoms with Crippen molar-refractivity contribution >= 4 is 12.0 Å². The monoisotopic (exact) mass is 239 g/mol. The van der Waals surface area contributed by atoms with E-state index in [4.69, 9.17) is 10.5 Å². The molecule has 0 spiro atoms. The summed E-state index contributed by atoms with van der Waals surface area (Å²) in [5, 5.41) is 0. The smallest absolute Gasteiger partial charge is 0.419 e. The van der Waals surface area contributed by atoms with Crippen molar-refractivity contribution in [3.63, 3.8) is 0 Å². The van der Waals surface area contributed by atoms with Crippen LogP contribution in [-0.2, 0) is 16.0 Å². The molecule has 0 atom stereocenters. The Morgan fingerprint density at radius 3 is 2.65 bits per heavy atom. The summed E-state index contributed by atoms with van der Waals surface area (Å²) >= 11 is 0. The summed E-state index contributed by atoms with van der Waals surface area (Å²) in [6.07, 6.45) is 3.05. The van der Waals surface area contributed by atoms with E-state index in [2.05, 4.69) is 4.98 Å². The molecule has 0 aliphatic heterocycles. The van der Waals surface area contributed by atoms with E-state index in [9.17, 15) is 9.59 Å². The number of amides is 1. The van der Waals surface area contributed by atoms with Gasteiger partial charge in [0.15, 0.2) is 0 Å². The molecule has 94 valence electrons. The summed E-state index contributed by atoms with van der Waals surface area (Å²) in [5.41, 5.74) is 5.11. The van der Waals surface area contributed by atoms with Gasteiger partial charge in [-0.25, -0.2) is 14.3 Å². The predicted octanol–water partition coefficient (Wildman–Crippen LogP) is 1.08. The number of hydrogen-bond donors (Lipinski definition) is 1. The number of rotatable bonds is 3. The number of ether oxygens (including phenoxy) is 1. The zero-order valence-corrected chi connectivity index (χ0v) is 10.3. The van der Waals surface area contributed by atoms with Crippen molar-refractivity contribution < 1.29 is 14.3 Å². The van der Waals surface area contributed by atoms with Crippen LogP contribution in [0.1, 0.15) is 32.9 Å². The molecule has 2 N–H and O–H groups in total. The molecule has 6 heteroatoms. The van der Waals surface area contributed by atoms with Gasteiger partial charge in [0.05, 0.1) is 5.69 Å². The molecule has 0 radical (unpaired) electrons. The highest BCUT2D eigenvalue weighted by Gasteiger charge is 2.17. The zero-order chi connectivity index (χ0) is 13.1. The predicted molar refractivity (Wildman–Crippen MR) is 61.4 cm³/mol. The van der Waals surface area contributed by atoms with Crippen LogP contribution in [0, 0.1) is 0 Å². The number of nitrogens with two attached hydrogens (primary N) is 1. The highest BCUT2D eigenvalue weighted by atomic mass is 16.6. The van der Waals surface area contributed by atoms with Crippen LogP contribution in [-0.4, -0.2) is 27.2 Å². The lowest BCUT2D eigenvalue weighted by Crippen LogP contribution is -2.26. The summed E-state index contributed by atoms with van der Waals surface area (Å²) in [7, 11) is 0. The van der Waals surface area contributed by atoms with Gasteiger partial charge in [-0.3, -0.25) is 4.79 Å². The minimum Gasteiger partial charge on any atom is -0.443 e. The van der Waals surface area contributed by atoms with Crippen LogP contribution in [0.4, 0.5) is 4.79 Å². The Morgan fingerprint density at radius 2 is 2.12 bits per heavy atom. The van der Waals surface area contributed by atoms with Gasteiger partial charge in [-0.2, -0.15) is 0 Å². The van der Waals surface area contributed by atoms with Crippen molar-refractivity contribution in [3.8, 4) is 0 Å². The first-order chi connectivity index (χ1) is 7.78. The largest absolute Gasteiger partial charge is 0.443 e. The molecular formula is C11H17N3O3. The quantitative estimate of drug-likeness (QED) is 0.855. The maximum Gasteiger partial charge on any atom is 0.419 e. The second-order valence-corrected chi connectivity index (χ2v) is 4.72. The number of carbonyl (C=O) groups excluding carboxylic acids is 2. The van der Waals surface area contributed by atoms with E-state index >= 15 is 0 Å². The molecule has 0 bridgehead atoms.